The summed E-state index contributed by atoms with van der Waals surface area (Å²) in [4.78, 5) is 2.36. The molecule has 18 heavy (non-hydrogen) atoms. The minimum atomic E-state index is 0. The summed E-state index contributed by atoms with van der Waals surface area (Å²) < 4.78 is 5.22. The van der Waals surface area contributed by atoms with Gasteiger partial charge in [0.15, 0.2) is 0 Å². The summed E-state index contributed by atoms with van der Waals surface area (Å²) in [5, 5.41) is 0.796. The van der Waals surface area contributed by atoms with Crippen LogP contribution in [0.25, 0.3) is 0 Å². The first-order valence-electron chi connectivity index (χ1n) is 5.99. The van der Waals surface area contributed by atoms with E-state index in [0.29, 0.717) is 6.04 Å². The molecule has 3 nitrogen and oxygen atoms in total. The second kappa shape index (κ2) is 7.19. The molecule has 1 heterocycles. The summed E-state index contributed by atoms with van der Waals surface area (Å²) in [6.45, 7) is 2.90. The van der Waals surface area contributed by atoms with Crippen LogP contribution < -0.4 is 10.5 Å². The van der Waals surface area contributed by atoms with Gasteiger partial charge in [0.05, 0.1) is 7.11 Å². The molecule has 1 aliphatic heterocycles. The van der Waals surface area contributed by atoms with Gasteiger partial charge in [0.2, 0.25) is 0 Å². The van der Waals surface area contributed by atoms with Gasteiger partial charge in [-0.25, -0.2) is 0 Å². The van der Waals surface area contributed by atoms with Crippen molar-refractivity contribution in [3.05, 3.63) is 28.8 Å². The molecule has 102 valence electrons. The number of benzene rings is 1. The van der Waals surface area contributed by atoms with Crippen molar-refractivity contribution in [3.8, 4) is 5.75 Å². The molecule has 1 atom stereocenters. The Morgan fingerprint density at radius 2 is 2.28 bits per heavy atom. The van der Waals surface area contributed by atoms with Crippen LogP contribution in [-0.4, -0.2) is 31.1 Å². The minimum absolute atomic E-state index is 0. The van der Waals surface area contributed by atoms with Crippen molar-refractivity contribution in [2.24, 2.45) is 5.73 Å². The van der Waals surface area contributed by atoms with Crippen LogP contribution in [0.3, 0.4) is 0 Å². The van der Waals surface area contributed by atoms with Crippen molar-refractivity contribution in [2.75, 3.05) is 20.2 Å². The van der Waals surface area contributed by atoms with E-state index in [0.717, 1.165) is 42.4 Å². The first-order chi connectivity index (χ1) is 8.19. The van der Waals surface area contributed by atoms with Crippen LogP contribution >= 0.6 is 24.0 Å². The van der Waals surface area contributed by atoms with Crippen molar-refractivity contribution in [1.82, 2.24) is 4.90 Å². The average Bonchev–Trinajstić information content (AvgIpc) is 2.32. The number of methoxy groups -OCH3 is 1. The molecular weight excluding hydrogens is 271 g/mol. The van der Waals surface area contributed by atoms with E-state index in [-0.39, 0.29) is 12.4 Å². The second-order valence-corrected chi connectivity index (χ2v) is 5.00. The quantitative estimate of drug-likeness (QED) is 0.930. The van der Waals surface area contributed by atoms with Gasteiger partial charge in [0.1, 0.15) is 5.75 Å². The summed E-state index contributed by atoms with van der Waals surface area (Å²) in [7, 11) is 1.67. The molecule has 1 aromatic rings. The maximum Gasteiger partial charge on any atom is 0.119 e. The maximum atomic E-state index is 6.20. The number of hydrogen-bond donors (Lipinski definition) is 1. The first-order valence-corrected chi connectivity index (χ1v) is 6.37. The summed E-state index contributed by atoms with van der Waals surface area (Å²) in [6, 6.07) is 6.07. The Hall–Kier alpha value is -0.480. The molecule has 0 aromatic heterocycles. The van der Waals surface area contributed by atoms with E-state index in [1.807, 2.05) is 18.2 Å². The van der Waals surface area contributed by atoms with Crippen molar-refractivity contribution >= 4 is 24.0 Å². The van der Waals surface area contributed by atoms with Gasteiger partial charge in [-0.2, -0.15) is 0 Å². The predicted molar refractivity (Wildman–Crippen MR) is 77.7 cm³/mol. The zero-order valence-corrected chi connectivity index (χ0v) is 12.1. The Morgan fingerprint density at radius 1 is 1.50 bits per heavy atom. The van der Waals surface area contributed by atoms with E-state index in [9.17, 15) is 0 Å². The Kier molecular flexibility index (Phi) is 6.22. The highest BCUT2D eigenvalue weighted by Gasteiger charge is 2.17. The number of rotatable bonds is 3. The number of nitrogens with two attached hydrogens (primary N) is 1. The van der Waals surface area contributed by atoms with Gasteiger partial charge in [-0.1, -0.05) is 11.6 Å². The van der Waals surface area contributed by atoms with Crippen LogP contribution in [0.2, 0.25) is 5.02 Å². The molecule has 1 aliphatic rings. The van der Waals surface area contributed by atoms with E-state index in [1.54, 1.807) is 7.11 Å². The van der Waals surface area contributed by atoms with E-state index < -0.39 is 0 Å². The first kappa shape index (κ1) is 15.6. The van der Waals surface area contributed by atoms with Crippen molar-refractivity contribution in [2.45, 2.75) is 25.4 Å². The van der Waals surface area contributed by atoms with Crippen LogP contribution in [0.4, 0.5) is 0 Å². The molecule has 0 radical (unpaired) electrons. The van der Waals surface area contributed by atoms with E-state index in [4.69, 9.17) is 22.1 Å². The second-order valence-electron chi connectivity index (χ2n) is 4.59. The molecule has 0 aliphatic carbocycles. The van der Waals surface area contributed by atoms with Gasteiger partial charge in [-0.3, -0.25) is 4.90 Å². The van der Waals surface area contributed by atoms with Crippen LogP contribution in [-0.2, 0) is 6.54 Å². The van der Waals surface area contributed by atoms with Gasteiger partial charge in [0.25, 0.3) is 0 Å². The third-order valence-corrected chi connectivity index (χ3v) is 3.56. The normalized spacial score (nSPS) is 20.3. The van der Waals surface area contributed by atoms with Gasteiger partial charge in [-0.15, -0.1) is 12.4 Å². The van der Waals surface area contributed by atoms with Gasteiger partial charge in [-0.05, 0) is 43.1 Å². The summed E-state index contributed by atoms with van der Waals surface area (Å²) in [6.07, 6.45) is 2.30. The Bertz CT molecular complexity index is 387. The van der Waals surface area contributed by atoms with Gasteiger partial charge in [0, 0.05) is 24.2 Å². The standard InChI is InChI=1S/C13H19ClN2O.ClH/c1-17-12-4-5-13(14)10(7-12)8-16-6-2-3-11(15)9-16;/h4-5,7,11H,2-3,6,8-9,15H2,1H3;1H. The highest BCUT2D eigenvalue weighted by molar-refractivity contribution is 6.31. The number of ether oxygens (including phenoxy) is 1. The fraction of sp³-hybridized carbons (Fsp3) is 0.538. The third kappa shape index (κ3) is 4.02. The lowest BCUT2D eigenvalue weighted by molar-refractivity contribution is 0.201. The topological polar surface area (TPSA) is 38.5 Å². The van der Waals surface area contributed by atoms with Crippen LogP contribution in [0.15, 0.2) is 18.2 Å². The zero-order chi connectivity index (χ0) is 12.3. The molecule has 0 spiro atoms. The number of piperidine rings is 1. The molecule has 1 fully saturated rings. The van der Waals surface area contributed by atoms with Crippen molar-refractivity contribution in [3.63, 3.8) is 0 Å². The van der Waals surface area contributed by atoms with Crippen LogP contribution in [0, 0.1) is 0 Å². The van der Waals surface area contributed by atoms with Gasteiger partial charge < -0.3 is 10.5 Å². The van der Waals surface area contributed by atoms with Crippen molar-refractivity contribution in [1.29, 1.82) is 0 Å². The molecule has 0 amide bonds. The molecule has 0 bridgehead atoms. The number of nitrogens with zero attached hydrogens (tertiary/aromatic N) is 1. The van der Waals surface area contributed by atoms with Gasteiger partial charge >= 0.3 is 0 Å². The van der Waals surface area contributed by atoms with Crippen LogP contribution in [0.1, 0.15) is 18.4 Å². The number of hydrogen-bond acceptors (Lipinski definition) is 3. The summed E-state index contributed by atoms with van der Waals surface area (Å²) in [5.41, 5.74) is 7.08. The number of halogens is 2. The lowest BCUT2D eigenvalue weighted by Gasteiger charge is -2.30. The van der Waals surface area contributed by atoms with Crippen molar-refractivity contribution < 1.29 is 4.74 Å². The minimum Gasteiger partial charge on any atom is -0.497 e. The van der Waals surface area contributed by atoms with Crippen LogP contribution in [0.5, 0.6) is 5.75 Å². The SMILES string of the molecule is COc1ccc(Cl)c(CN2CCCC(N)C2)c1.Cl. The fourth-order valence-electron chi connectivity index (χ4n) is 2.28. The molecule has 0 saturated carbocycles. The molecule has 5 heteroatoms. The van der Waals surface area contributed by atoms with E-state index in [1.165, 1.54) is 6.42 Å². The van der Waals surface area contributed by atoms with E-state index in [2.05, 4.69) is 4.90 Å². The molecule has 2 rings (SSSR count). The summed E-state index contributed by atoms with van der Waals surface area (Å²) in [5.74, 6) is 0.853. The fourth-order valence-corrected chi connectivity index (χ4v) is 2.45. The molecule has 2 N–H and O–H groups in total. The molecule has 1 unspecified atom stereocenters. The predicted octanol–water partition coefficient (Wildman–Crippen LogP) is 2.69. The monoisotopic (exact) mass is 290 g/mol. The third-order valence-electron chi connectivity index (χ3n) is 3.19. The lowest BCUT2D eigenvalue weighted by Crippen LogP contribution is -2.42. The molecular formula is C13H20Cl2N2O. The largest absolute Gasteiger partial charge is 0.497 e. The Labute approximate surface area is 120 Å². The average molecular weight is 291 g/mol. The highest BCUT2D eigenvalue weighted by Crippen LogP contribution is 2.24. The smallest absolute Gasteiger partial charge is 0.119 e. The Morgan fingerprint density at radius 3 is 2.94 bits per heavy atom. The zero-order valence-electron chi connectivity index (χ0n) is 10.6. The highest BCUT2D eigenvalue weighted by atomic mass is 35.5. The summed E-state index contributed by atoms with van der Waals surface area (Å²) >= 11 is 6.20. The lowest BCUT2D eigenvalue weighted by atomic mass is 10.1. The van der Waals surface area contributed by atoms with E-state index >= 15 is 0 Å². The molecule has 1 saturated heterocycles. The maximum absolute atomic E-state index is 6.20. The molecule has 1 aromatic carbocycles. The Balaban J connectivity index is 0.00000162. The number of likely N-dealkylation sites (tertiary alicyclic amines) is 1.